The number of amides is 9. The van der Waals surface area contributed by atoms with Gasteiger partial charge in [-0.25, -0.2) is 0 Å². The fourth-order valence-corrected chi connectivity index (χ4v) is 6.16. The van der Waals surface area contributed by atoms with Crippen LogP contribution in [0.25, 0.3) is 0 Å². The smallest absolute Gasteiger partial charge is 0.246 e. The van der Waals surface area contributed by atoms with Crippen LogP contribution in [-0.2, 0) is 43.2 Å². The van der Waals surface area contributed by atoms with Gasteiger partial charge in [-0.15, -0.1) is 0 Å². The number of hydrogen-bond donors (Lipinski definition) is 7. The average Bonchev–Trinajstić information content (AvgIpc) is 3.46. The first-order chi connectivity index (χ1) is 24.4. The molecule has 2 aliphatic rings. The van der Waals surface area contributed by atoms with Gasteiger partial charge in [0.1, 0.15) is 28.7 Å². The van der Waals surface area contributed by atoms with Gasteiger partial charge in [-0.3, -0.25) is 43.2 Å². The molecule has 53 heavy (non-hydrogen) atoms. The van der Waals surface area contributed by atoms with Crippen LogP contribution in [0.3, 0.4) is 0 Å². The quantitative estimate of drug-likeness (QED) is 0.0648. The van der Waals surface area contributed by atoms with Gasteiger partial charge < -0.3 is 51.9 Å². The van der Waals surface area contributed by atoms with Gasteiger partial charge in [-0.2, -0.15) is 0 Å². The van der Waals surface area contributed by atoms with Crippen LogP contribution in [0.15, 0.2) is 0 Å². The van der Waals surface area contributed by atoms with Crippen LogP contribution in [0.1, 0.15) is 74.7 Å². The van der Waals surface area contributed by atoms with Gasteiger partial charge in [0.2, 0.25) is 53.7 Å². The Bertz CT molecular complexity index is 1430. The summed E-state index contributed by atoms with van der Waals surface area (Å²) < 4.78 is 0. The van der Waals surface area contributed by atoms with Gasteiger partial charge in [0.25, 0.3) is 0 Å². The Morgan fingerprint density at radius 3 is 1.92 bits per heavy atom. The maximum Gasteiger partial charge on any atom is 0.246 e. The van der Waals surface area contributed by atoms with Crippen molar-refractivity contribution in [3.63, 3.8) is 0 Å². The molecule has 2 saturated heterocycles. The topological polar surface area (TPSA) is 248 Å². The lowest BCUT2D eigenvalue weighted by Gasteiger charge is -2.38. The molecule has 0 bridgehead atoms. The predicted molar refractivity (Wildman–Crippen MR) is 192 cm³/mol. The first kappa shape index (κ1) is 44.4. The second-order valence-corrected chi connectivity index (χ2v) is 15.5. The van der Waals surface area contributed by atoms with Crippen LogP contribution in [0.2, 0.25) is 0 Å². The maximum atomic E-state index is 13.5. The van der Waals surface area contributed by atoms with Crippen molar-refractivity contribution in [1.29, 1.82) is 0 Å². The van der Waals surface area contributed by atoms with E-state index in [4.69, 9.17) is 0 Å². The van der Waals surface area contributed by atoms with E-state index < -0.39 is 88.7 Å². The Morgan fingerprint density at radius 1 is 0.736 bits per heavy atom. The zero-order valence-electron chi connectivity index (χ0n) is 32.6. The Labute approximate surface area is 310 Å². The van der Waals surface area contributed by atoms with Crippen LogP contribution in [0.5, 0.6) is 0 Å². The highest BCUT2D eigenvalue weighted by Crippen LogP contribution is 2.29. The fourth-order valence-electron chi connectivity index (χ4n) is 6.16. The maximum absolute atomic E-state index is 13.5. The molecular weight excluding hydrogens is 692 g/mol. The molecule has 0 spiro atoms. The van der Waals surface area contributed by atoms with Crippen LogP contribution in [0, 0.1) is 0 Å². The predicted octanol–water partition coefficient (Wildman–Crippen LogP) is -3.30. The molecule has 2 heterocycles. The second-order valence-electron chi connectivity index (χ2n) is 15.5. The number of nitrogens with one attached hydrogen (secondary N) is 7. The van der Waals surface area contributed by atoms with Gasteiger partial charge in [0.15, 0.2) is 0 Å². The Morgan fingerprint density at radius 2 is 1.32 bits per heavy atom. The lowest BCUT2D eigenvalue weighted by molar-refractivity contribution is -0.147. The summed E-state index contributed by atoms with van der Waals surface area (Å²) in [6.45, 7) is 12.9. The van der Waals surface area contributed by atoms with Crippen LogP contribution >= 0.6 is 0 Å². The summed E-state index contributed by atoms with van der Waals surface area (Å²) in [6, 6.07) is -2.76. The number of rotatable bonds is 19. The zero-order chi connectivity index (χ0) is 40.5. The third-order valence-corrected chi connectivity index (χ3v) is 9.23. The van der Waals surface area contributed by atoms with Crippen molar-refractivity contribution in [1.82, 2.24) is 51.9 Å². The van der Waals surface area contributed by atoms with E-state index in [0.29, 0.717) is 19.5 Å². The fraction of sp³-hybridized carbons (Fsp3) is 0.735. The SMILES string of the molecule is CC1CC(NC(=O)C(C)(C)N2C(=O)C(NC(=O)CNC=O)CC2C)C(=O)N1CC(=O)NC(C)(C)C(=O)NC(C)(C)C(=O)NCCC(=O)NCCN(C)C. The highest BCUT2D eigenvalue weighted by Gasteiger charge is 2.50. The minimum absolute atomic E-state index is 0.0581. The molecule has 9 amide bonds. The standard InChI is InChI=1S/C34H58N10O9/c1-20-15-22(39-31(53)34(7,8)44-21(2)16-23(28(44)50)38-25(47)17-35-19-45)27(49)43(20)18-26(48)40-33(5,6)30(52)41-32(3,4)29(51)37-12-11-24(46)36-13-14-42(9)10/h19-23H,11-18H2,1-10H3,(H,35,45)(H,36,46)(H,37,51)(H,38,47)(H,39,53)(H,40,48)(H,41,52). The Balaban J connectivity index is 1.93. The molecular formula is C34H58N10O9. The Hall–Kier alpha value is -4.81. The molecule has 19 heteroatoms. The van der Waals surface area contributed by atoms with Crippen molar-refractivity contribution in [3.05, 3.63) is 0 Å². The Kier molecular flexibility index (Phi) is 15.3. The van der Waals surface area contributed by atoms with E-state index in [1.54, 1.807) is 13.8 Å². The van der Waals surface area contributed by atoms with E-state index >= 15 is 0 Å². The lowest BCUT2D eigenvalue weighted by atomic mass is 9.98. The molecule has 4 atom stereocenters. The van der Waals surface area contributed by atoms with Gasteiger partial charge >= 0.3 is 0 Å². The minimum atomic E-state index is -1.49. The highest BCUT2D eigenvalue weighted by molar-refractivity contribution is 6.00. The summed E-state index contributed by atoms with van der Waals surface area (Å²) in [6.07, 6.45) is 0.847. The third-order valence-electron chi connectivity index (χ3n) is 9.23. The van der Waals surface area contributed by atoms with Gasteiger partial charge in [0.05, 0.1) is 13.1 Å². The molecule has 0 aromatic rings. The van der Waals surface area contributed by atoms with E-state index in [0.717, 1.165) is 0 Å². The molecule has 4 unspecified atom stereocenters. The van der Waals surface area contributed by atoms with E-state index in [1.165, 1.54) is 51.3 Å². The molecule has 7 N–H and O–H groups in total. The third kappa shape index (κ3) is 12.1. The summed E-state index contributed by atoms with van der Waals surface area (Å²) in [5, 5.41) is 18.1. The normalized spacial score (nSPS) is 20.5. The molecule has 19 nitrogen and oxygen atoms in total. The monoisotopic (exact) mass is 750 g/mol. The van der Waals surface area contributed by atoms with Crippen LogP contribution in [0.4, 0.5) is 0 Å². The van der Waals surface area contributed by atoms with E-state index in [-0.39, 0.29) is 38.3 Å². The van der Waals surface area contributed by atoms with E-state index in [9.17, 15) is 43.2 Å². The van der Waals surface area contributed by atoms with Crippen molar-refractivity contribution in [2.75, 3.05) is 46.8 Å². The molecule has 0 radical (unpaired) electrons. The number of likely N-dealkylation sites (N-methyl/N-ethyl adjacent to an activating group) is 1. The van der Waals surface area contributed by atoms with Crippen molar-refractivity contribution in [2.45, 2.75) is 115 Å². The molecule has 0 aliphatic carbocycles. The summed E-state index contributed by atoms with van der Waals surface area (Å²) in [4.78, 5) is 119. The van der Waals surface area contributed by atoms with Gasteiger partial charge in [-0.05, 0) is 82.3 Å². The van der Waals surface area contributed by atoms with E-state index in [2.05, 4.69) is 37.2 Å². The minimum Gasteiger partial charge on any atom is -0.355 e. The van der Waals surface area contributed by atoms with Crippen LogP contribution in [-0.4, -0.2) is 156 Å². The molecule has 2 aliphatic heterocycles. The van der Waals surface area contributed by atoms with Gasteiger partial charge in [0, 0.05) is 38.1 Å². The molecule has 2 rings (SSSR count). The van der Waals surface area contributed by atoms with Gasteiger partial charge in [-0.1, -0.05) is 0 Å². The number of hydrogen-bond acceptors (Lipinski definition) is 10. The number of likely N-dealkylation sites (tertiary alicyclic amines) is 2. The summed E-state index contributed by atoms with van der Waals surface area (Å²) in [5.41, 5.74) is -4.29. The van der Waals surface area contributed by atoms with Crippen molar-refractivity contribution in [2.24, 2.45) is 0 Å². The molecule has 0 aromatic heterocycles. The number of carbonyl (C=O) groups excluding carboxylic acids is 9. The largest absolute Gasteiger partial charge is 0.355 e. The van der Waals surface area contributed by atoms with Crippen molar-refractivity contribution >= 4 is 53.7 Å². The number of carbonyl (C=O) groups is 9. The summed E-state index contributed by atoms with van der Waals surface area (Å²) in [7, 11) is 3.77. The molecule has 0 saturated carbocycles. The highest BCUT2D eigenvalue weighted by atomic mass is 16.2. The van der Waals surface area contributed by atoms with Crippen molar-refractivity contribution in [3.8, 4) is 0 Å². The zero-order valence-corrected chi connectivity index (χ0v) is 32.6. The van der Waals surface area contributed by atoms with Crippen LogP contribution < -0.4 is 37.2 Å². The lowest BCUT2D eigenvalue weighted by Crippen LogP contribution is -2.63. The van der Waals surface area contributed by atoms with Crippen molar-refractivity contribution < 1.29 is 43.2 Å². The second kappa shape index (κ2) is 18.3. The summed E-state index contributed by atoms with van der Waals surface area (Å²) in [5.74, 6) is -4.21. The molecule has 298 valence electrons. The average molecular weight is 751 g/mol. The molecule has 0 aromatic carbocycles. The molecule has 2 fully saturated rings. The summed E-state index contributed by atoms with van der Waals surface area (Å²) >= 11 is 0. The van der Waals surface area contributed by atoms with E-state index in [1.807, 2.05) is 19.0 Å². The first-order valence-electron chi connectivity index (χ1n) is 17.7. The number of nitrogens with zero attached hydrogens (tertiary/aromatic N) is 3. The first-order valence-corrected chi connectivity index (χ1v) is 17.7.